The Balaban J connectivity index is 0.000000339. The van der Waals surface area contributed by atoms with E-state index in [1.165, 1.54) is 26.3 Å². The van der Waals surface area contributed by atoms with E-state index in [0.29, 0.717) is 33.8 Å². The number of halogens is 1. The van der Waals surface area contributed by atoms with Crippen molar-refractivity contribution in [2.24, 2.45) is 0 Å². The van der Waals surface area contributed by atoms with Crippen molar-refractivity contribution in [3.63, 3.8) is 0 Å². The second-order valence-electron chi connectivity index (χ2n) is 14.2. The van der Waals surface area contributed by atoms with Crippen LogP contribution in [0.25, 0.3) is 0 Å². The van der Waals surface area contributed by atoms with Gasteiger partial charge in [0.1, 0.15) is 47.1 Å². The van der Waals surface area contributed by atoms with Gasteiger partial charge in [-0.15, -0.1) is 0 Å². The molecule has 2 amide bonds. The largest absolute Gasteiger partial charge is 0.778 e. The number of carboxylic acid groups (broad SMARTS) is 1. The van der Waals surface area contributed by atoms with Crippen LogP contribution in [0, 0.1) is 10.1 Å². The van der Waals surface area contributed by atoms with Gasteiger partial charge in [0.15, 0.2) is 0 Å². The monoisotopic (exact) mass is 909 g/mol. The minimum atomic E-state index is -4.35. The summed E-state index contributed by atoms with van der Waals surface area (Å²) in [4.78, 5) is 54.5. The number of rotatable bonds is 12. The molecule has 1 heterocycles. The quantitative estimate of drug-likeness (QED) is 0.0309. The summed E-state index contributed by atoms with van der Waals surface area (Å²) in [5.74, 6) is 1.08. The Labute approximate surface area is 362 Å². The fourth-order valence-corrected chi connectivity index (χ4v) is 5.83. The Hall–Kier alpha value is -5.11. The molecule has 1 aliphatic heterocycles. The predicted molar refractivity (Wildman–Crippen MR) is 235 cm³/mol. The van der Waals surface area contributed by atoms with Crippen molar-refractivity contribution in [3.8, 4) is 28.7 Å². The first kappa shape index (κ1) is 52.0. The molecular weight excluding hydrogens is 857 g/mol. The van der Waals surface area contributed by atoms with Gasteiger partial charge in [0.2, 0.25) is 5.79 Å². The van der Waals surface area contributed by atoms with Gasteiger partial charge in [0.05, 0.1) is 43.6 Å². The van der Waals surface area contributed by atoms with Crippen molar-refractivity contribution in [1.82, 2.24) is 10.4 Å². The molecule has 2 unspecified atom stereocenters. The maximum Gasteiger partial charge on any atom is 0.345 e. The van der Waals surface area contributed by atoms with Gasteiger partial charge in [0.25, 0.3) is 5.69 Å². The van der Waals surface area contributed by atoms with Crippen molar-refractivity contribution in [3.05, 3.63) is 106 Å². The Kier molecular flexibility index (Phi) is 20.3. The fourth-order valence-electron chi connectivity index (χ4n) is 5.24. The lowest BCUT2D eigenvalue weighted by Crippen LogP contribution is -2.45. The lowest BCUT2D eigenvalue weighted by Gasteiger charge is -2.43. The maximum atomic E-state index is 11.8. The number of carbonyl (C=O) groups is 2. The molecule has 0 saturated carbocycles. The Morgan fingerprint density at radius 3 is 2.08 bits per heavy atom. The molecule has 0 saturated heterocycles. The second-order valence-corrected chi connectivity index (χ2v) is 18.6. The molecule has 0 fully saturated rings. The highest BCUT2D eigenvalue weighted by atomic mass is 35.5. The van der Waals surface area contributed by atoms with Crippen LogP contribution in [0.3, 0.4) is 0 Å². The number of ether oxygens (including phenoxy) is 4. The number of nitrogens with zero attached hydrogens (tertiary/aromatic N) is 2. The molecule has 0 bridgehead atoms. The zero-order valence-electron chi connectivity index (χ0n) is 35.3. The van der Waals surface area contributed by atoms with Crippen LogP contribution in [0.15, 0.2) is 84.9 Å². The van der Waals surface area contributed by atoms with Crippen molar-refractivity contribution < 1.29 is 57.8 Å². The van der Waals surface area contributed by atoms with Crippen molar-refractivity contribution in [1.29, 1.82) is 0 Å². The number of nitro benzene ring substituents is 1. The molecule has 5 rings (SSSR count). The van der Waals surface area contributed by atoms with E-state index in [9.17, 15) is 29.2 Å². The van der Waals surface area contributed by atoms with Crippen LogP contribution in [0.1, 0.15) is 32.8 Å². The van der Waals surface area contributed by atoms with Gasteiger partial charge in [-0.25, -0.2) is 9.86 Å². The van der Waals surface area contributed by atoms with E-state index in [4.69, 9.17) is 51.1 Å². The normalized spacial score (nSPS) is 15.6. The number of nitro groups is 1. The average Bonchev–Trinajstić information content (AvgIpc) is 3.16. The van der Waals surface area contributed by atoms with Crippen LogP contribution in [-0.4, -0.2) is 90.6 Å². The molecule has 0 aromatic heterocycles. The van der Waals surface area contributed by atoms with Gasteiger partial charge in [-0.2, -0.15) is 0 Å². The minimum absolute atomic E-state index is 0.0352. The number of para-hydroxylation sites is 1. The number of carboxylic acids is 1. The molecule has 1 aliphatic rings. The highest BCUT2D eigenvalue weighted by Crippen LogP contribution is 2.46. The van der Waals surface area contributed by atoms with Gasteiger partial charge >= 0.3 is 12.0 Å². The predicted octanol–water partition coefficient (Wildman–Crippen LogP) is 7.21. The lowest BCUT2D eigenvalue weighted by molar-refractivity contribution is -0.383. The first-order valence-electron chi connectivity index (χ1n) is 18.1. The van der Waals surface area contributed by atoms with Gasteiger partial charge in [0, 0.05) is 50.9 Å². The number of aliphatic carboxylic acids is 1. The van der Waals surface area contributed by atoms with E-state index in [1.54, 1.807) is 55.6 Å². The van der Waals surface area contributed by atoms with Crippen molar-refractivity contribution in [2.75, 3.05) is 63.9 Å². The summed E-state index contributed by atoms with van der Waals surface area (Å²) >= 11 is 5.94. The summed E-state index contributed by atoms with van der Waals surface area (Å²) in [6.07, 6.45) is 6.63. The topological polar surface area (TPSA) is 257 Å². The van der Waals surface area contributed by atoms with Crippen LogP contribution in [-0.2, 0) is 35.2 Å². The van der Waals surface area contributed by atoms with Crippen molar-refractivity contribution in [2.45, 2.75) is 38.4 Å². The Morgan fingerprint density at radius 2 is 1.56 bits per heavy atom. The molecule has 61 heavy (non-hydrogen) atoms. The Bertz CT molecular complexity index is 2110. The number of anilines is 2. The highest BCUT2D eigenvalue weighted by Gasteiger charge is 2.42. The number of nitrogens with one attached hydrogen (secondary N) is 2. The smallest absolute Gasteiger partial charge is 0.345 e. The van der Waals surface area contributed by atoms with Crippen molar-refractivity contribution >= 4 is 59.2 Å². The van der Waals surface area contributed by atoms with Crippen LogP contribution < -0.4 is 35.5 Å². The van der Waals surface area contributed by atoms with E-state index < -0.39 is 37.1 Å². The number of methoxy groups -OCH3 is 1. The zero-order chi connectivity index (χ0) is 46.1. The number of benzene rings is 4. The molecular formula is C40H53ClN5O13PS. The molecule has 0 aliphatic carbocycles. The molecule has 0 spiro atoms. The van der Waals surface area contributed by atoms with Crippen LogP contribution >= 0.6 is 19.2 Å². The number of hydrogen-bond acceptors (Lipinski definition) is 13. The summed E-state index contributed by atoms with van der Waals surface area (Å²) in [7, 11) is 0.906. The molecule has 0 radical (unpaired) electrons. The number of fused-ring (bicyclic) bond motifs is 1. The second kappa shape index (κ2) is 23.8. The SMILES string of the molecule is CON(C)C(=O)Nc1ccc(Oc2ccc3c(c2)OC(C)(OC)CC3(C)C)cc1.C[S+](C)C.Nc1c([N+](=O)[O-])ccc(Oc2ccccc2)c1Cl.O=C(O)CNCP(=O)([O-])O. The number of nitrogen functional groups attached to an aromatic ring is 1. The third-order valence-electron chi connectivity index (χ3n) is 7.98. The van der Waals surface area contributed by atoms with E-state index in [2.05, 4.69) is 37.9 Å². The number of urea groups is 1. The van der Waals surface area contributed by atoms with Gasteiger partial charge in [-0.3, -0.25) is 25.1 Å². The Morgan fingerprint density at radius 1 is 0.984 bits per heavy atom. The van der Waals surface area contributed by atoms with Crippen LogP contribution in [0.2, 0.25) is 5.02 Å². The van der Waals surface area contributed by atoms with Crippen LogP contribution in [0.5, 0.6) is 28.7 Å². The van der Waals surface area contributed by atoms with E-state index >= 15 is 0 Å². The molecule has 4 aromatic rings. The average molecular weight is 910 g/mol. The van der Waals surface area contributed by atoms with E-state index in [1.807, 2.05) is 36.5 Å². The summed E-state index contributed by atoms with van der Waals surface area (Å²) in [6.45, 7) is 5.83. The number of carbonyl (C=O) groups excluding carboxylic acids is 1. The highest BCUT2D eigenvalue weighted by molar-refractivity contribution is 7.94. The third kappa shape index (κ3) is 18.2. The zero-order valence-corrected chi connectivity index (χ0v) is 37.8. The molecule has 334 valence electrons. The number of hydroxylamine groups is 2. The summed E-state index contributed by atoms with van der Waals surface area (Å²) < 4.78 is 33.1. The fraction of sp³-hybridized carbons (Fsp3) is 0.350. The lowest BCUT2D eigenvalue weighted by atomic mass is 9.76. The van der Waals surface area contributed by atoms with Gasteiger partial charge in [-0.05, 0) is 64.8 Å². The summed E-state index contributed by atoms with van der Waals surface area (Å²) in [5.41, 5.74) is 6.93. The number of amides is 2. The molecule has 2 atom stereocenters. The third-order valence-corrected chi connectivity index (χ3v) is 8.99. The number of nitrogens with two attached hydrogens (primary N) is 1. The summed E-state index contributed by atoms with van der Waals surface area (Å²) in [6, 6.07) is 24.2. The molecule has 18 nitrogen and oxygen atoms in total. The first-order chi connectivity index (χ1) is 28.4. The van der Waals surface area contributed by atoms with E-state index in [-0.39, 0.29) is 33.6 Å². The van der Waals surface area contributed by atoms with Gasteiger partial charge < -0.3 is 49.5 Å². The van der Waals surface area contributed by atoms with Gasteiger partial charge in [-0.1, -0.05) is 49.7 Å². The molecule has 6 N–H and O–H groups in total. The minimum Gasteiger partial charge on any atom is -0.778 e. The maximum absolute atomic E-state index is 11.8. The molecule has 4 aromatic carbocycles. The van der Waals surface area contributed by atoms with Crippen LogP contribution in [0.4, 0.5) is 21.9 Å². The van der Waals surface area contributed by atoms with E-state index in [0.717, 1.165) is 22.8 Å². The first-order valence-corrected chi connectivity index (χ1v) is 22.6. The standard InChI is InChI=1S/C22H28N2O5.C12H9ClN2O3.C3H8NO5P.C3H9S/c1-21(2)14-22(3,26-5)29-19-13-17(11-12-18(19)21)28-16-9-7-15(8-10-16)23-20(25)24(4)27-6;13-11-10(18-8-4-2-1-3-5-8)7-6-9(12(11)14)15(16)17;5-3(6)1-4-2-10(7,8)9;1-4(2)3/h7-13H,14H2,1-6H3,(H,23,25);1-7H,14H2;4H,1-2H2,(H,5,6)(H2,7,8,9);1-3H3/q;;;+1/p-1. The molecule has 21 heteroatoms. The number of hydrogen-bond donors (Lipinski definition) is 5. The summed E-state index contributed by atoms with van der Waals surface area (Å²) in [5, 5.41) is 24.5.